The van der Waals surface area contributed by atoms with Gasteiger partial charge in [0.25, 0.3) is 0 Å². The Hall–Kier alpha value is -14.2. The van der Waals surface area contributed by atoms with Crippen LogP contribution in [0.5, 0.6) is 0 Å². The second-order valence-electron chi connectivity index (χ2n) is 38.0. The lowest BCUT2D eigenvalue weighted by atomic mass is 10.00. The molecule has 0 spiro atoms. The van der Waals surface area contributed by atoms with Crippen LogP contribution in [0.1, 0.15) is 166 Å². The molecule has 17 amide bonds. The smallest absolute Gasteiger partial charge is 0.326 e. The van der Waals surface area contributed by atoms with Crippen LogP contribution in [0.3, 0.4) is 0 Å². The molecule has 4 aliphatic heterocycles. The zero-order valence-electron chi connectivity index (χ0n) is 85.2. The number of nitrogens with zero attached hydrogens (tertiary/aromatic N) is 4. The van der Waals surface area contributed by atoms with E-state index in [9.17, 15) is 24.3 Å². The number of aliphatic carboxylic acids is 1. The molecule has 38 N–H and O–H groups in total. The Morgan fingerprint density at radius 1 is 0.480 bits per heavy atom. The molecule has 3 aromatic rings. The highest BCUT2D eigenvalue weighted by Crippen LogP contribution is 2.26. The number of hydrogen-bond donors (Lipinski definition) is 31. The Kier molecular flexibility index (Phi) is 51.5. The molecule has 828 valence electrons. The molecule has 0 saturated carbocycles. The summed E-state index contributed by atoms with van der Waals surface area (Å²) >= 11 is 2.86. The molecular weight excluding hydrogens is 2010 g/mol. The zero-order valence-corrected chi connectivity index (χ0v) is 87.7. The van der Waals surface area contributed by atoms with Crippen molar-refractivity contribution >= 4 is 182 Å². The number of carbonyl (C=O) groups is 18. The number of carboxylic acids is 1. The predicted molar refractivity (Wildman–Crippen MR) is 564 cm³/mol. The largest absolute Gasteiger partial charge is 0.480 e. The number of H-pyrrole nitrogens is 1. The van der Waals surface area contributed by atoms with Gasteiger partial charge < -0.3 is 160 Å². The van der Waals surface area contributed by atoms with Crippen molar-refractivity contribution in [3.05, 3.63) is 71.4 Å². The standard InChI is InChI=1S/C94H150N34O19S3/c1-51(2)39-64-82(139)113-62(23-13-34-111-94(105)106)80(137)123-69(84(141)116-61(22-12-33-110-93(103)104)79(136)121-67(89(146)147)43-55-44-112-58-19-7-6-17-56(55)58)46-149-37-28-74(131)126-48-125-49-127(50-126)75(132)29-38-150-47-70(85(142)115-59(20-10-31-108-91(99)100)77(134)117-63(81(138)118-64)25-26-72(96)129)124-87(144)71-24-14-35-128(71)88(145)66(40-52(3)4)120-78(135)60(21-11-32-109-92(101)102)114-83(140)65(42-54-16-8-15-53(5)41-54)119-86(143)68(45-148-36-27-73(125)130)122-76(133)57(95)18-9-30-107-90(97)98/h6-8,15-17,19,41,44,51-52,57,59-71,112H,9-14,18,20-40,42-43,45-50,95H2,1-5H3,(H2,96,129)(H,113,139)(H,114,140)(H,115,142)(H,116,141)(H,117,134)(H,118,138)(H,119,143)(H,120,135)(H,121,136)(H,122,133)(H,123,137)(H,124,144)(H,146,147)(H4,97,98,107)(H4,99,100,108)(H4,101,102,109)(H4,103,104,110)(H4,105,106,111)/t57-,59-,60-,61-,62-,63-,64-,65-,66-,67-,68-,69-,70-,71-/m0/s1. The fourth-order valence-corrected chi connectivity index (χ4v) is 19.8. The number of rotatable bonds is 38. The summed E-state index contributed by atoms with van der Waals surface area (Å²) in [5.74, 6) is -21.7. The molecule has 56 heteroatoms. The van der Waals surface area contributed by atoms with Crippen molar-refractivity contribution in [1.29, 1.82) is 27.0 Å². The van der Waals surface area contributed by atoms with Gasteiger partial charge in [-0.2, -0.15) is 35.3 Å². The minimum Gasteiger partial charge on any atom is -0.480 e. The maximum Gasteiger partial charge on any atom is 0.326 e. The number of amides is 17. The van der Waals surface area contributed by atoms with E-state index in [0.717, 1.165) is 40.8 Å². The average molecular weight is 2160 g/mol. The number of primary amides is 1. The highest BCUT2D eigenvalue weighted by atomic mass is 32.2. The number of para-hydroxylation sites is 1. The van der Waals surface area contributed by atoms with E-state index in [2.05, 4.69) is 95.4 Å². The van der Waals surface area contributed by atoms with E-state index in [-0.39, 0.29) is 183 Å². The van der Waals surface area contributed by atoms with Gasteiger partial charge >= 0.3 is 5.97 Å². The fourth-order valence-electron chi connectivity index (χ4n) is 16.9. The van der Waals surface area contributed by atoms with Crippen LogP contribution < -0.4 is 131 Å². The van der Waals surface area contributed by atoms with Crippen molar-refractivity contribution in [3.63, 3.8) is 0 Å². The van der Waals surface area contributed by atoms with Gasteiger partial charge in [-0.1, -0.05) is 75.7 Å². The molecule has 2 aromatic carbocycles. The van der Waals surface area contributed by atoms with Crippen LogP contribution in [0.2, 0.25) is 0 Å². The van der Waals surface area contributed by atoms with Crippen molar-refractivity contribution < 1.29 is 91.4 Å². The van der Waals surface area contributed by atoms with Gasteiger partial charge in [0.1, 0.15) is 78.5 Å². The molecule has 4 aliphatic rings. The zero-order chi connectivity index (χ0) is 110. The molecule has 0 radical (unpaired) electrons. The molecule has 53 nitrogen and oxygen atoms in total. The van der Waals surface area contributed by atoms with Gasteiger partial charge in [0.2, 0.25) is 100 Å². The number of hydrogen-bond acceptors (Lipinski definition) is 27. The number of guanidine groups is 5. The van der Waals surface area contributed by atoms with Crippen LogP contribution in [0.25, 0.3) is 10.9 Å². The molecule has 14 atom stereocenters. The summed E-state index contributed by atoms with van der Waals surface area (Å²) in [5, 5.41) is 95.9. The molecule has 4 saturated heterocycles. The Bertz CT molecular complexity index is 5230. The lowest BCUT2D eigenvalue weighted by Gasteiger charge is -2.42. The number of aromatic amines is 1. The van der Waals surface area contributed by atoms with Gasteiger partial charge in [-0.05, 0) is 132 Å². The highest BCUT2D eigenvalue weighted by Gasteiger charge is 2.44. The Balaban J connectivity index is 1.38. The van der Waals surface area contributed by atoms with E-state index in [0.29, 0.717) is 22.0 Å². The number of benzene rings is 2. The molecule has 1 aromatic heterocycles. The van der Waals surface area contributed by atoms with Crippen LogP contribution in [0.4, 0.5) is 0 Å². The summed E-state index contributed by atoms with van der Waals surface area (Å²) < 4.78 is 0. The normalized spacial score (nSPS) is 22.2. The second-order valence-corrected chi connectivity index (χ2v) is 41.5. The minimum absolute atomic E-state index is 0.00705. The summed E-state index contributed by atoms with van der Waals surface area (Å²) in [5.41, 5.74) is 42.8. The fraction of sp³-hybridized carbons (Fsp3) is 0.606. The predicted octanol–water partition coefficient (Wildman–Crippen LogP) is -6.07. The van der Waals surface area contributed by atoms with Crippen LogP contribution >= 0.6 is 35.3 Å². The average Bonchev–Trinajstić information content (AvgIpc) is 1.70. The first-order chi connectivity index (χ1) is 71.2. The number of nitrogens with one attached hydrogen (secondary N) is 23. The van der Waals surface area contributed by atoms with E-state index >= 15 is 67.1 Å². The third-order valence-electron chi connectivity index (χ3n) is 24.7. The van der Waals surface area contributed by atoms with E-state index in [1.54, 1.807) is 89.3 Å². The topological polar surface area (TPSA) is 862 Å². The van der Waals surface area contributed by atoms with Crippen molar-refractivity contribution in [1.82, 2.24) is 115 Å². The molecule has 4 fully saturated rings. The number of carboxylic acid groups (broad SMARTS) is 1. The van der Waals surface area contributed by atoms with Crippen LogP contribution in [-0.2, 0) is 99.1 Å². The van der Waals surface area contributed by atoms with E-state index in [1.807, 2.05) is 0 Å². The van der Waals surface area contributed by atoms with Gasteiger partial charge in [0.15, 0.2) is 29.8 Å². The van der Waals surface area contributed by atoms with Gasteiger partial charge in [-0.3, -0.25) is 109 Å². The monoisotopic (exact) mass is 2160 g/mol. The number of carbonyl (C=O) groups excluding carboxylic acids is 17. The van der Waals surface area contributed by atoms with E-state index < -0.39 is 278 Å². The molecule has 0 aliphatic carbocycles. The van der Waals surface area contributed by atoms with Gasteiger partial charge in [-0.15, -0.1) is 0 Å². The first-order valence-electron chi connectivity index (χ1n) is 50.0. The third-order valence-corrected chi connectivity index (χ3v) is 27.9. The molecule has 150 heavy (non-hydrogen) atoms. The van der Waals surface area contributed by atoms with Crippen LogP contribution in [0.15, 0.2) is 54.7 Å². The lowest BCUT2D eigenvalue weighted by Crippen LogP contribution is -2.61. The van der Waals surface area contributed by atoms with Gasteiger partial charge in [0.05, 0.1) is 26.0 Å². The first-order valence-corrected chi connectivity index (χ1v) is 53.5. The van der Waals surface area contributed by atoms with E-state index in [1.165, 1.54) is 19.6 Å². The number of aryl methyl sites for hydroxylation is 1. The summed E-state index contributed by atoms with van der Waals surface area (Å²) in [6, 6.07) is -8.10. The number of fused-ring (bicyclic) bond motifs is 9. The summed E-state index contributed by atoms with van der Waals surface area (Å²) in [7, 11) is 0. The third kappa shape index (κ3) is 42.8. The molecule has 4 bridgehead atoms. The Morgan fingerprint density at radius 2 is 0.933 bits per heavy atom. The van der Waals surface area contributed by atoms with E-state index in [4.69, 9.17) is 67.2 Å². The first kappa shape index (κ1) is 123. The molecule has 7 rings (SSSR count). The number of nitrogens with two attached hydrogens (primary N) is 7. The van der Waals surface area contributed by atoms with Gasteiger partial charge in [0, 0.05) is 129 Å². The summed E-state index contributed by atoms with van der Waals surface area (Å²) in [6.07, 6.45) is -2.09. The summed E-state index contributed by atoms with van der Waals surface area (Å²) in [6.45, 7) is 7.21. The van der Waals surface area contributed by atoms with Crippen molar-refractivity contribution in [3.8, 4) is 0 Å². The Labute approximate surface area is 882 Å². The second kappa shape index (κ2) is 62.9. The van der Waals surface area contributed by atoms with Crippen LogP contribution in [-0.4, -0.2) is 344 Å². The molecule has 5 heterocycles. The summed E-state index contributed by atoms with van der Waals surface area (Å²) in [4.78, 5) is 277. The maximum atomic E-state index is 15.5. The van der Waals surface area contributed by atoms with Crippen LogP contribution in [0, 0.1) is 45.8 Å². The highest BCUT2D eigenvalue weighted by molar-refractivity contribution is 7.99. The Morgan fingerprint density at radius 3 is 1.45 bits per heavy atom. The van der Waals surface area contributed by atoms with Crippen molar-refractivity contribution in [2.24, 2.45) is 52.0 Å². The van der Waals surface area contributed by atoms with Crippen molar-refractivity contribution in [2.45, 2.75) is 254 Å². The SMILES string of the molecule is Cc1cccc(C[C@@H]2NC(=O)[C@@H](NC(=O)[C@@H](N)CCCNC(=N)N)CSCCC(=O)N3CN4CN(C3)C(=O)CCSC[C@H](NC(=O)[C@@H]3CCCN3C(=O)[C@H](CC(C)C)NC(=O)[C@H](CCCNC(=N)N)NC2=O)C(=O)N[C@@H](CCCNC(=N)N)C(=O)N[C@@H](CCC(N)=O)C(=O)N[C@@H](CC(C)C)C(=O)N[C@@H](CCCNC(=N)N)C(=O)N[C@H](C(=O)N[C@@H](CCCNC(=N)N)C(=O)N[C@@H](Cc2c[nH]c3ccccc23)C(=O)O)CSCCC4=O)c1. The van der Waals surface area contributed by atoms with Gasteiger partial charge in [-0.25, -0.2) is 4.79 Å². The quantitative estimate of drug-likeness (QED) is 0.0144. The molecule has 0 unspecified atom stereocenters. The van der Waals surface area contributed by atoms with Crippen molar-refractivity contribution in [2.75, 3.05) is 93.8 Å². The number of thioether (sulfide) groups is 3. The lowest BCUT2D eigenvalue weighted by molar-refractivity contribution is -0.158. The molecular formula is C94H150N34O19S3. The minimum atomic E-state index is -1.78. The maximum absolute atomic E-state index is 15.5. The number of aromatic nitrogens is 1.